The predicted octanol–water partition coefficient (Wildman–Crippen LogP) is 6.08. The fourth-order valence-electron chi connectivity index (χ4n) is 4.15. The van der Waals surface area contributed by atoms with Gasteiger partial charge in [-0.2, -0.15) is 0 Å². The van der Waals surface area contributed by atoms with E-state index in [-0.39, 0.29) is 17.9 Å². The van der Waals surface area contributed by atoms with Crippen LogP contribution in [0.3, 0.4) is 0 Å². The Morgan fingerprint density at radius 3 is 2.44 bits per heavy atom. The van der Waals surface area contributed by atoms with Crippen LogP contribution in [0.4, 0.5) is 0 Å². The van der Waals surface area contributed by atoms with E-state index in [1.165, 1.54) is 12.8 Å². The lowest BCUT2D eigenvalue weighted by Crippen LogP contribution is -2.50. The number of halogens is 1. The van der Waals surface area contributed by atoms with Gasteiger partial charge in [-0.25, -0.2) is 0 Å². The second-order valence-electron chi connectivity index (χ2n) is 8.33. The number of benzene rings is 2. The number of nitrogens with zero attached hydrogens (tertiary/aromatic N) is 1. The lowest BCUT2D eigenvalue weighted by atomic mass is 10.1. The molecular weight excluding hydrogens is 440 g/mol. The van der Waals surface area contributed by atoms with Gasteiger partial charge < -0.3 is 10.2 Å². The van der Waals surface area contributed by atoms with Crippen LogP contribution in [0.25, 0.3) is 0 Å². The molecule has 32 heavy (non-hydrogen) atoms. The molecule has 1 aliphatic carbocycles. The SMILES string of the molecule is CC[C@@H](C(=O)NC1CCCC1)N(Cc1ccccc1)C(=O)CCCSc1ccc(Cl)cc1. The van der Waals surface area contributed by atoms with Gasteiger partial charge in [0.15, 0.2) is 0 Å². The van der Waals surface area contributed by atoms with Gasteiger partial charge >= 0.3 is 0 Å². The van der Waals surface area contributed by atoms with Crippen LogP contribution in [0.15, 0.2) is 59.5 Å². The molecule has 0 heterocycles. The molecule has 0 bridgehead atoms. The number of carbonyl (C=O) groups excluding carboxylic acids is 2. The molecule has 1 saturated carbocycles. The third kappa shape index (κ3) is 7.56. The molecular formula is C26H33ClN2O2S. The normalized spacial score (nSPS) is 14.8. The van der Waals surface area contributed by atoms with Crippen molar-refractivity contribution in [2.24, 2.45) is 0 Å². The van der Waals surface area contributed by atoms with Gasteiger partial charge in [0.05, 0.1) is 0 Å². The molecule has 2 aromatic carbocycles. The van der Waals surface area contributed by atoms with Crippen LogP contribution in [-0.2, 0) is 16.1 Å². The minimum atomic E-state index is -0.438. The summed E-state index contributed by atoms with van der Waals surface area (Å²) in [6, 6.07) is 17.5. The van der Waals surface area contributed by atoms with Crippen molar-refractivity contribution < 1.29 is 9.59 Å². The first-order valence-corrected chi connectivity index (χ1v) is 12.9. The van der Waals surface area contributed by atoms with E-state index < -0.39 is 6.04 Å². The number of rotatable bonds is 11. The van der Waals surface area contributed by atoms with Crippen molar-refractivity contribution in [1.82, 2.24) is 10.2 Å². The van der Waals surface area contributed by atoms with Crippen LogP contribution in [0.2, 0.25) is 5.02 Å². The van der Waals surface area contributed by atoms with Crippen molar-refractivity contribution in [3.8, 4) is 0 Å². The van der Waals surface area contributed by atoms with Crippen LogP contribution in [0.1, 0.15) is 57.4 Å². The number of carbonyl (C=O) groups is 2. The van der Waals surface area contributed by atoms with Gasteiger partial charge in [0.1, 0.15) is 6.04 Å². The van der Waals surface area contributed by atoms with Crippen molar-refractivity contribution >= 4 is 35.2 Å². The Balaban J connectivity index is 1.61. The molecule has 2 amide bonds. The predicted molar refractivity (Wildman–Crippen MR) is 133 cm³/mol. The fraction of sp³-hybridized carbons (Fsp3) is 0.462. The minimum absolute atomic E-state index is 0.0146. The van der Waals surface area contributed by atoms with E-state index in [1.807, 2.05) is 61.5 Å². The molecule has 1 N–H and O–H groups in total. The van der Waals surface area contributed by atoms with Crippen LogP contribution in [-0.4, -0.2) is 34.6 Å². The molecule has 172 valence electrons. The van der Waals surface area contributed by atoms with Crippen molar-refractivity contribution in [1.29, 1.82) is 0 Å². The molecule has 0 aromatic heterocycles. The van der Waals surface area contributed by atoms with Gasteiger partial charge in [0.2, 0.25) is 11.8 Å². The number of amides is 2. The van der Waals surface area contributed by atoms with E-state index in [0.717, 1.165) is 40.5 Å². The Morgan fingerprint density at radius 1 is 1.09 bits per heavy atom. The van der Waals surface area contributed by atoms with Crippen LogP contribution in [0.5, 0.6) is 0 Å². The van der Waals surface area contributed by atoms with Crippen molar-refractivity contribution in [2.45, 2.75) is 75.4 Å². The molecule has 1 aliphatic rings. The van der Waals surface area contributed by atoms with Gasteiger partial charge in [-0.05, 0) is 61.3 Å². The first-order chi connectivity index (χ1) is 15.6. The molecule has 4 nitrogen and oxygen atoms in total. The van der Waals surface area contributed by atoms with Gasteiger partial charge in [-0.3, -0.25) is 9.59 Å². The largest absolute Gasteiger partial charge is 0.352 e. The third-order valence-electron chi connectivity index (χ3n) is 5.90. The van der Waals surface area contributed by atoms with Crippen molar-refractivity contribution in [3.63, 3.8) is 0 Å². The van der Waals surface area contributed by atoms with Crippen LogP contribution < -0.4 is 5.32 Å². The zero-order valence-electron chi connectivity index (χ0n) is 18.8. The Hall–Kier alpha value is -1.98. The van der Waals surface area contributed by atoms with Gasteiger partial charge in [0.25, 0.3) is 0 Å². The summed E-state index contributed by atoms with van der Waals surface area (Å²) in [4.78, 5) is 29.3. The number of hydrogen-bond donors (Lipinski definition) is 1. The molecule has 0 radical (unpaired) electrons. The molecule has 0 unspecified atom stereocenters. The summed E-state index contributed by atoms with van der Waals surface area (Å²) in [5, 5.41) is 3.92. The van der Waals surface area contributed by atoms with Gasteiger partial charge in [-0.15, -0.1) is 11.8 Å². The zero-order chi connectivity index (χ0) is 22.8. The second kappa shape index (κ2) is 12.9. The maximum Gasteiger partial charge on any atom is 0.243 e. The minimum Gasteiger partial charge on any atom is -0.352 e. The maximum absolute atomic E-state index is 13.3. The van der Waals surface area contributed by atoms with Gasteiger partial charge in [-0.1, -0.05) is 61.7 Å². The lowest BCUT2D eigenvalue weighted by Gasteiger charge is -2.31. The highest BCUT2D eigenvalue weighted by molar-refractivity contribution is 7.99. The number of nitrogens with one attached hydrogen (secondary N) is 1. The number of hydrogen-bond acceptors (Lipinski definition) is 3. The van der Waals surface area contributed by atoms with Crippen molar-refractivity contribution in [2.75, 3.05) is 5.75 Å². The molecule has 1 atom stereocenters. The second-order valence-corrected chi connectivity index (χ2v) is 9.93. The lowest BCUT2D eigenvalue weighted by molar-refractivity contribution is -0.141. The highest BCUT2D eigenvalue weighted by Gasteiger charge is 2.30. The summed E-state index contributed by atoms with van der Waals surface area (Å²) in [7, 11) is 0. The fourth-order valence-corrected chi connectivity index (χ4v) is 5.13. The Labute approximate surface area is 201 Å². The molecule has 2 aromatic rings. The smallest absolute Gasteiger partial charge is 0.243 e. The Kier molecular flexibility index (Phi) is 9.94. The highest BCUT2D eigenvalue weighted by atomic mass is 35.5. The molecule has 0 spiro atoms. The average molecular weight is 473 g/mol. The van der Waals surface area contributed by atoms with E-state index in [0.29, 0.717) is 19.4 Å². The standard InChI is InChI=1S/C26H33ClN2O2S/c1-2-24(26(31)28-22-11-6-7-12-22)29(19-20-9-4-3-5-10-20)25(30)13-8-18-32-23-16-14-21(27)15-17-23/h3-5,9-10,14-17,22,24H,2,6-8,11-13,18-19H2,1H3,(H,28,31)/t24-/m0/s1. The molecule has 3 rings (SSSR count). The van der Waals surface area contributed by atoms with E-state index in [4.69, 9.17) is 11.6 Å². The van der Waals surface area contributed by atoms with Crippen LogP contribution >= 0.6 is 23.4 Å². The first-order valence-electron chi connectivity index (χ1n) is 11.6. The Bertz CT molecular complexity index is 854. The van der Waals surface area contributed by atoms with E-state index >= 15 is 0 Å². The number of thioether (sulfide) groups is 1. The first kappa shape index (κ1) is 24.7. The topological polar surface area (TPSA) is 49.4 Å². The molecule has 6 heteroatoms. The average Bonchev–Trinajstić information content (AvgIpc) is 3.31. The summed E-state index contributed by atoms with van der Waals surface area (Å²) in [6.45, 7) is 2.45. The summed E-state index contributed by atoms with van der Waals surface area (Å²) < 4.78 is 0. The summed E-state index contributed by atoms with van der Waals surface area (Å²) in [5.74, 6) is 0.871. The summed E-state index contributed by atoms with van der Waals surface area (Å²) >= 11 is 7.67. The van der Waals surface area contributed by atoms with E-state index in [9.17, 15) is 9.59 Å². The third-order valence-corrected chi connectivity index (χ3v) is 7.25. The zero-order valence-corrected chi connectivity index (χ0v) is 20.3. The van der Waals surface area contributed by atoms with E-state index in [2.05, 4.69) is 5.32 Å². The molecule has 0 saturated heterocycles. The highest BCUT2D eigenvalue weighted by Crippen LogP contribution is 2.23. The molecule has 0 aliphatic heterocycles. The quantitative estimate of drug-likeness (QED) is 0.318. The van der Waals surface area contributed by atoms with Gasteiger partial charge in [0, 0.05) is 28.9 Å². The van der Waals surface area contributed by atoms with Crippen LogP contribution in [0, 0.1) is 0 Å². The van der Waals surface area contributed by atoms with Crippen molar-refractivity contribution in [3.05, 3.63) is 65.2 Å². The summed E-state index contributed by atoms with van der Waals surface area (Å²) in [6.07, 6.45) is 6.21. The monoisotopic (exact) mass is 472 g/mol. The Morgan fingerprint density at radius 2 is 1.78 bits per heavy atom. The summed E-state index contributed by atoms with van der Waals surface area (Å²) in [5.41, 5.74) is 1.04. The van der Waals surface area contributed by atoms with E-state index in [1.54, 1.807) is 16.7 Å². The maximum atomic E-state index is 13.3. The molecule has 1 fully saturated rings.